The summed E-state index contributed by atoms with van der Waals surface area (Å²) in [5.74, 6) is -1.07. The summed E-state index contributed by atoms with van der Waals surface area (Å²) in [6.45, 7) is 7.49. The van der Waals surface area contributed by atoms with Gasteiger partial charge in [0.2, 0.25) is 11.8 Å². The number of hydrogen-bond acceptors (Lipinski definition) is 6. The van der Waals surface area contributed by atoms with Crippen LogP contribution in [-0.4, -0.2) is 47.4 Å². The lowest BCUT2D eigenvalue weighted by molar-refractivity contribution is -0.145. The van der Waals surface area contributed by atoms with Gasteiger partial charge in [-0.15, -0.1) is 17.9 Å². The molecule has 23 heavy (non-hydrogen) atoms. The number of rotatable bonds is 9. The molecule has 0 aliphatic heterocycles. The Hall–Kier alpha value is -2.22. The summed E-state index contributed by atoms with van der Waals surface area (Å²) in [4.78, 5) is 40.9. The molecule has 0 bridgehead atoms. The average Bonchev–Trinajstić information content (AvgIpc) is 2.89. The van der Waals surface area contributed by atoms with Gasteiger partial charge in [0, 0.05) is 18.3 Å². The predicted molar refractivity (Wildman–Crippen MR) is 88.1 cm³/mol. The summed E-state index contributed by atoms with van der Waals surface area (Å²) in [5.41, 5.74) is 0.818. The number of carbonyl (C=O) groups is 3. The number of aryl methyl sites for hydroxylation is 1. The van der Waals surface area contributed by atoms with Gasteiger partial charge in [0.15, 0.2) is 5.13 Å². The highest BCUT2D eigenvalue weighted by Gasteiger charge is 2.18. The van der Waals surface area contributed by atoms with Crippen molar-refractivity contribution in [1.29, 1.82) is 0 Å². The van der Waals surface area contributed by atoms with Crippen molar-refractivity contribution in [3.8, 4) is 0 Å². The minimum Gasteiger partial charge on any atom is -0.466 e. The molecule has 0 aliphatic rings. The molecule has 0 saturated heterocycles. The number of nitrogens with zero attached hydrogens (tertiary/aromatic N) is 2. The maximum atomic E-state index is 12.1. The van der Waals surface area contributed by atoms with Crippen LogP contribution < -0.4 is 5.32 Å². The van der Waals surface area contributed by atoms with Crippen LogP contribution in [-0.2, 0) is 19.1 Å². The third-order valence-electron chi connectivity index (χ3n) is 2.75. The molecular formula is C15H21N3O4S. The van der Waals surface area contributed by atoms with Gasteiger partial charge < -0.3 is 15.0 Å². The molecule has 0 aromatic carbocycles. The fourth-order valence-electron chi connectivity index (χ4n) is 1.75. The molecule has 1 aromatic rings. The lowest BCUT2D eigenvalue weighted by Gasteiger charge is -2.20. The van der Waals surface area contributed by atoms with Gasteiger partial charge in [-0.25, -0.2) is 4.98 Å². The van der Waals surface area contributed by atoms with Crippen molar-refractivity contribution < 1.29 is 19.1 Å². The van der Waals surface area contributed by atoms with E-state index in [0.29, 0.717) is 5.13 Å². The Bertz CT molecular complexity index is 571. The van der Waals surface area contributed by atoms with Crippen molar-refractivity contribution in [2.24, 2.45) is 0 Å². The third kappa shape index (κ3) is 7.05. The van der Waals surface area contributed by atoms with Gasteiger partial charge in [0.25, 0.3) is 0 Å². The molecule has 126 valence electrons. The van der Waals surface area contributed by atoms with E-state index in [0.717, 1.165) is 5.69 Å². The first kappa shape index (κ1) is 18.8. The van der Waals surface area contributed by atoms with Crippen molar-refractivity contribution in [2.75, 3.05) is 25.0 Å². The molecule has 8 heteroatoms. The Morgan fingerprint density at radius 2 is 2.17 bits per heavy atom. The van der Waals surface area contributed by atoms with Gasteiger partial charge in [-0.05, 0) is 13.8 Å². The third-order valence-corrected chi connectivity index (χ3v) is 3.63. The minimum atomic E-state index is -0.429. The van der Waals surface area contributed by atoms with E-state index in [1.807, 2.05) is 12.3 Å². The first-order valence-corrected chi connectivity index (χ1v) is 8.10. The molecule has 2 amide bonds. The summed E-state index contributed by atoms with van der Waals surface area (Å²) < 4.78 is 4.78. The van der Waals surface area contributed by atoms with Crippen LogP contribution in [0, 0.1) is 6.92 Å². The smallest absolute Gasteiger partial charge is 0.306 e. The minimum absolute atomic E-state index is 0.00366. The zero-order valence-corrected chi connectivity index (χ0v) is 14.1. The Morgan fingerprint density at radius 3 is 2.74 bits per heavy atom. The maximum Gasteiger partial charge on any atom is 0.306 e. The summed E-state index contributed by atoms with van der Waals surface area (Å²) in [6.07, 6.45) is 1.52. The quantitative estimate of drug-likeness (QED) is 0.547. The molecule has 0 spiro atoms. The predicted octanol–water partition coefficient (Wildman–Crippen LogP) is 1.75. The lowest BCUT2D eigenvalue weighted by Crippen LogP contribution is -2.38. The van der Waals surface area contributed by atoms with Crippen LogP contribution in [0.2, 0.25) is 0 Å². The molecule has 0 fully saturated rings. The Labute approximate surface area is 139 Å². The summed E-state index contributed by atoms with van der Waals surface area (Å²) >= 11 is 1.32. The number of hydrogen-bond donors (Lipinski definition) is 1. The second-order valence-electron chi connectivity index (χ2n) is 4.71. The molecule has 7 nitrogen and oxygen atoms in total. The Kier molecular flexibility index (Phi) is 7.96. The van der Waals surface area contributed by atoms with E-state index in [2.05, 4.69) is 16.9 Å². The van der Waals surface area contributed by atoms with E-state index in [9.17, 15) is 14.4 Å². The number of aromatic nitrogens is 1. The molecular weight excluding hydrogens is 318 g/mol. The molecule has 1 aromatic heterocycles. The lowest BCUT2D eigenvalue weighted by atomic mass is 10.2. The van der Waals surface area contributed by atoms with Crippen LogP contribution in [0.1, 0.15) is 25.5 Å². The van der Waals surface area contributed by atoms with Crippen molar-refractivity contribution >= 4 is 34.3 Å². The average molecular weight is 339 g/mol. The van der Waals surface area contributed by atoms with Crippen LogP contribution in [0.3, 0.4) is 0 Å². The van der Waals surface area contributed by atoms with Crippen molar-refractivity contribution in [3.05, 3.63) is 23.7 Å². The topological polar surface area (TPSA) is 88.6 Å². The zero-order valence-electron chi connectivity index (χ0n) is 13.3. The van der Waals surface area contributed by atoms with Crippen LogP contribution in [0.5, 0.6) is 0 Å². The summed E-state index contributed by atoms with van der Waals surface area (Å²) in [5, 5.41) is 4.95. The Balaban J connectivity index is 2.52. The van der Waals surface area contributed by atoms with Crippen molar-refractivity contribution in [1.82, 2.24) is 9.88 Å². The van der Waals surface area contributed by atoms with E-state index < -0.39 is 5.97 Å². The maximum absolute atomic E-state index is 12.1. The highest BCUT2D eigenvalue weighted by Crippen LogP contribution is 2.14. The molecule has 1 N–H and O–H groups in total. The Morgan fingerprint density at radius 1 is 1.43 bits per heavy atom. The van der Waals surface area contributed by atoms with Crippen LogP contribution in [0.15, 0.2) is 18.0 Å². The van der Waals surface area contributed by atoms with E-state index >= 15 is 0 Å². The number of esters is 1. The monoisotopic (exact) mass is 339 g/mol. The van der Waals surface area contributed by atoms with Gasteiger partial charge in [-0.3, -0.25) is 14.4 Å². The van der Waals surface area contributed by atoms with Gasteiger partial charge in [-0.2, -0.15) is 0 Å². The largest absolute Gasteiger partial charge is 0.466 e. The van der Waals surface area contributed by atoms with E-state index in [-0.39, 0.29) is 44.4 Å². The summed E-state index contributed by atoms with van der Waals surface area (Å²) in [6, 6.07) is 0. The normalized spacial score (nSPS) is 10.0. The number of ether oxygens (including phenoxy) is 1. The van der Waals surface area contributed by atoms with E-state index in [1.54, 1.807) is 6.92 Å². The molecule has 0 aliphatic carbocycles. The van der Waals surface area contributed by atoms with E-state index in [1.165, 1.54) is 22.3 Å². The fraction of sp³-hybridized carbons (Fsp3) is 0.467. The van der Waals surface area contributed by atoms with Crippen LogP contribution in [0.4, 0.5) is 5.13 Å². The molecule has 1 rings (SSSR count). The van der Waals surface area contributed by atoms with Crippen molar-refractivity contribution in [3.63, 3.8) is 0 Å². The van der Waals surface area contributed by atoms with Gasteiger partial charge in [-0.1, -0.05) is 6.08 Å². The number of thiazole rings is 1. The van der Waals surface area contributed by atoms with Crippen LogP contribution >= 0.6 is 11.3 Å². The highest BCUT2D eigenvalue weighted by molar-refractivity contribution is 7.13. The van der Waals surface area contributed by atoms with Crippen LogP contribution in [0.25, 0.3) is 0 Å². The van der Waals surface area contributed by atoms with E-state index in [4.69, 9.17) is 4.74 Å². The molecule has 0 radical (unpaired) electrons. The molecule has 0 saturated carbocycles. The highest BCUT2D eigenvalue weighted by atomic mass is 32.1. The number of amides is 2. The number of nitrogens with one attached hydrogen (secondary N) is 1. The van der Waals surface area contributed by atoms with Gasteiger partial charge in [0.1, 0.15) is 6.54 Å². The second kappa shape index (κ2) is 9.73. The fourth-order valence-corrected chi connectivity index (χ4v) is 2.46. The van der Waals surface area contributed by atoms with Crippen molar-refractivity contribution in [2.45, 2.75) is 26.7 Å². The van der Waals surface area contributed by atoms with Gasteiger partial charge >= 0.3 is 5.97 Å². The summed E-state index contributed by atoms with van der Waals surface area (Å²) in [7, 11) is 0. The SMILES string of the molecule is C=CCN(CC(=O)Nc1nc(C)cs1)C(=O)CCC(=O)OCC. The second-order valence-corrected chi connectivity index (χ2v) is 5.57. The first-order valence-electron chi connectivity index (χ1n) is 7.22. The first-order chi connectivity index (χ1) is 11.0. The standard InChI is InChI=1S/C15H21N3O4S/c1-4-8-18(13(20)6-7-14(21)22-5-2)9-12(19)17-15-16-11(3)10-23-15/h4,10H,1,5-9H2,2-3H3,(H,16,17,19). The number of anilines is 1. The van der Waals surface area contributed by atoms with Gasteiger partial charge in [0.05, 0.1) is 18.7 Å². The zero-order chi connectivity index (χ0) is 17.2. The number of carbonyl (C=O) groups excluding carboxylic acids is 3. The molecule has 0 unspecified atom stereocenters. The molecule has 0 atom stereocenters. The molecule has 1 heterocycles.